The number of carboxylic acids is 1. The van der Waals surface area contributed by atoms with E-state index in [0.717, 1.165) is 0 Å². The lowest BCUT2D eigenvalue weighted by atomic mass is 9.80. The molecule has 0 aromatic rings. The van der Waals surface area contributed by atoms with Crippen LogP contribution in [0.1, 0.15) is 26.7 Å². The first-order chi connectivity index (χ1) is 9.31. The Morgan fingerprint density at radius 2 is 1.95 bits per heavy atom. The van der Waals surface area contributed by atoms with Crippen molar-refractivity contribution in [2.45, 2.75) is 32.2 Å². The van der Waals surface area contributed by atoms with Gasteiger partial charge in [0.2, 0.25) is 0 Å². The van der Waals surface area contributed by atoms with Crippen LogP contribution in [0.2, 0.25) is 0 Å². The van der Waals surface area contributed by atoms with Crippen LogP contribution in [-0.4, -0.2) is 56.1 Å². The van der Waals surface area contributed by atoms with Crippen LogP contribution < -0.4 is 10.6 Å². The smallest absolute Gasteiger partial charge is 0.315 e. The summed E-state index contributed by atoms with van der Waals surface area (Å²) >= 11 is 0. The van der Waals surface area contributed by atoms with Crippen molar-refractivity contribution in [2.75, 3.05) is 33.5 Å². The summed E-state index contributed by atoms with van der Waals surface area (Å²) in [6.07, 6.45) is 0.814. The first kappa shape index (κ1) is 16.7. The molecule has 3 N–H and O–H groups in total. The fraction of sp³-hybridized carbons (Fsp3) is 0.846. The molecule has 20 heavy (non-hydrogen) atoms. The van der Waals surface area contributed by atoms with Gasteiger partial charge in [-0.15, -0.1) is 0 Å². The number of methoxy groups -OCH3 is 1. The zero-order valence-corrected chi connectivity index (χ0v) is 12.3. The van der Waals surface area contributed by atoms with E-state index in [-0.39, 0.29) is 12.6 Å². The molecule has 1 saturated heterocycles. The molecule has 0 radical (unpaired) electrons. The van der Waals surface area contributed by atoms with E-state index in [4.69, 9.17) is 9.47 Å². The molecule has 7 nitrogen and oxygen atoms in total. The molecule has 0 unspecified atom stereocenters. The summed E-state index contributed by atoms with van der Waals surface area (Å²) in [5.74, 6) is -0.891. The minimum atomic E-state index is -0.930. The fourth-order valence-corrected chi connectivity index (χ4v) is 2.23. The van der Waals surface area contributed by atoms with Gasteiger partial charge in [-0.2, -0.15) is 0 Å². The lowest BCUT2D eigenvalue weighted by Crippen LogP contribution is -2.54. The quantitative estimate of drug-likeness (QED) is 0.665. The lowest BCUT2D eigenvalue weighted by Gasteiger charge is -2.33. The molecule has 0 saturated carbocycles. The van der Waals surface area contributed by atoms with Gasteiger partial charge >= 0.3 is 12.0 Å². The van der Waals surface area contributed by atoms with Gasteiger partial charge in [0, 0.05) is 26.9 Å². The molecule has 0 aromatic carbocycles. The maximum atomic E-state index is 11.8. The van der Waals surface area contributed by atoms with Crippen molar-refractivity contribution in [2.24, 2.45) is 5.41 Å². The van der Waals surface area contributed by atoms with Gasteiger partial charge in [0.05, 0.1) is 17.6 Å². The normalized spacial score (nSPS) is 18.4. The SMILES string of the molecule is COCC(C)(C)NC(=O)NCC1(C(=O)O)CCOCC1. The average molecular weight is 288 g/mol. The minimum absolute atomic E-state index is 0.0978. The number of carbonyl (C=O) groups excluding carboxylic acids is 1. The zero-order valence-electron chi connectivity index (χ0n) is 12.3. The van der Waals surface area contributed by atoms with Gasteiger partial charge in [-0.05, 0) is 26.7 Å². The molecular formula is C13H24N2O5. The number of hydrogen-bond donors (Lipinski definition) is 3. The van der Waals surface area contributed by atoms with Gasteiger partial charge in [-0.25, -0.2) is 4.79 Å². The molecule has 0 spiro atoms. The van der Waals surface area contributed by atoms with E-state index >= 15 is 0 Å². The summed E-state index contributed by atoms with van der Waals surface area (Å²) in [4.78, 5) is 23.3. The predicted octanol–water partition coefficient (Wildman–Crippen LogP) is 0.592. The third-order valence-electron chi connectivity index (χ3n) is 3.45. The van der Waals surface area contributed by atoms with E-state index in [1.54, 1.807) is 7.11 Å². The van der Waals surface area contributed by atoms with E-state index in [2.05, 4.69) is 10.6 Å². The maximum absolute atomic E-state index is 11.8. The van der Waals surface area contributed by atoms with Gasteiger partial charge in [-0.3, -0.25) is 4.79 Å². The third-order valence-corrected chi connectivity index (χ3v) is 3.45. The van der Waals surface area contributed by atoms with Crippen molar-refractivity contribution in [3.05, 3.63) is 0 Å². The molecule has 0 bridgehead atoms. The topological polar surface area (TPSA) is 96.9 Å². The molecule has 1 aliphatic heterocycles. The van der Waals surface area contributed by atoms with Crippen molar-refractivity contribution < 1.29 is 24.2 Å². The van der Waals surface area contributed by atoms with Crippen LogP contribution in [0.15, 0.2) is 0 Å². The van der Waals surface area contributed by atoms with Crippen molar-refractivity contribution in [3.63, 3.8) is 0 Å². The van der Waals surface area contributed by atoms with Crippen LogP contribution in [0.5, 0.6) is 0 Å². The summed E-state index contributed by atoms with van der Waals surface area (Å²) in [6.45, 7) is 4.95. The van der Waals surface area contributed by atoms with Crippen LogP contribution in [0, 0.1) is 5.41 Å². The Hall–Kier alpha value is -1.34. The van der Waals surface area contributed by atoms with Crippen LogP contribution in [0.4, 0.5) is 4.79 Å². The Morgan fingerprint density at radius 1 is 1.35 bits per heavy atom. The van der Waals surface area contributed by atoms with E-state index in [1.165, 1.54) is 0 Å². The Kier molecular flexibility index (Phi) is 5.76. The van der Waals surface area contributed by atoms with E-state index in [0.29, 0.717) is 32.7 Å². The monoisotopic (exact) mass is 288 g/mol. The van der Waals surface area contributed by atoms with Crippen LogP contribution in [0.25, 0.3) is 0 Å². The number of ether oxygens (including phenoxy) is 2. The van der Waals surface area contributed by atoms with Crippen molar-refractivity contribution in [1.29, 1.82) is 0 Å². The first-order valence-corrected chi connectivity index (χ1v) is 6.67. The van der Waals surface area contributed by atoms with Crippen molar-refractivity contribution in [1.82, 2.24) is 10.6 Å². The van der Waals surface area contributed by atoms with Gasteiger partial charge in [0.15, 0.2) is 0 Å². The number of urea groups is 1. The maximum Gasteiger partial charge on any atom is 0.315 e. The molecule has 0 aromatic heterocycles. The standard InChI is InChI=1S/C13H24N2O5/c1-12(2,9-19-3)15-11(18)14-8-13(10(16)17)4-6-20-7-5-13/h4-9H2,1-3H3,(H,16,17)(H2,14,15,18). The first-order valence-electron chi connectivity index (χ1n) is 6.67. The number of hydrogen-bond acceptors (Lipinski definition) is 4. The fourth-order valence-electron chi connectivity index (χ4n) is 2.23. The van der Waals surface area contributed by atoms with Gasteiger partial charge in [0.25, 0.3) is 0 Å². The highest BCUT2D eigenvalue weighted by molar-refractivity contribution is 5.78. The van der Waals surface area contributed by atoms with Crippen LogP contribution in [0.3, 0.4) is 0 Å². The second-order valence-electron chi connectivity index (χ2n) is 5.82. The number of aliphatic carboxylic acids is 1. The molecular weight excluding hydrogens is 264 g/mol. The molecule has 7 heteroatoms. The highest BCUT2D eigenvalue weighted by Crippen LogP contribution is 2.30. The second-order valence-corrected chi connectivity index (χ2v) is 5.82. The Bertz CT molecular complexity index is 351. The lowest BCUT2D eigenvalue weighted by molar-refractivity contribution is -0.154. The third kappa shape index (κ3) is 4.64. The van der Waals surface area contributed by atoms with Gasteiger partial charge < -0.3 is 25.2 Å². The second kappa shape index (κ2) is 6.90. The molecule has 2 amide bonds. The highest BCUT2D eigenvalue weighted by atomic mass is 16.5. The summed E-state index contributed by atoms with van der Waals surface area (Å²) in [6, 6.07) is -0.390. The molecule has 1 fully saturated rings. The summed E-state index contributed by atoms with van der Waals surface area (Å²) in [7, 11) is 1.56. The molecule has 116 valence electrons. The van der Waals surface area contributed by atoms with Gasteiger partial charge in [-0.1, -0.05) is 0 Å². The van der Waals surface area contributed by atoms with E-state index in [1.807, 2.05) is 13.8 Å². The largest absolute Gasteiger partial charge is 0.481 e. The Labute approximate surface area is 119 Å². The minimum Gasteiger partial charge on any atom is -0.481 e. The molecule has 1 rings (SSSR count). The van der Waals surface area contributed by atoms with E-state index < -0.39 is 16.9 Å². The van der Waals surface area contributed by atoms with Gasteiger partial charge in [0.1, 0.15) is 0 Å². The molecule has 0 aliphatic carbocycles. The number of amides is 2. The Balaban J connectivity index is 2.51. The summed E-state index contributed by atoms with van der Waals surface area (Å²) < 4.78 is 10.2. The van der Waals surface area contributed by atoms with Crippen molar-refractivity contribution >= 4 is 12.0 Å². The predicted molar refractivity (Wildman–Crippen MR) is 72.6 cm³/mol. The molecule has 0 atom stereocenters. The van der Waals surface area contributed by atoms with Crippen LogP contribution >= 0.6 is 0 Å². The van der Waals surface area contributed by atoms with Crippen molar-refractivity contribution in [3.8, 4) is 0 Å². The van der Waals surface area contributed by atoms with Crippen LogP contribution in [-0.2, 0) is 14.3 Å². The highest BCUT2D eigenvalue weighted by Gasteiger charge is 2.40. The number of carbonyl (C=O) groups is 2. The summed E-state index contributed by atoms with van der Waals surface area (Å²) in [5.41, 5.74) is -1.44. The van der Waals surface area contributed by atoms with E-state index in [9.17, 15) is 14.7 Å². The number of carboxylic acid groups (broad SMARTS) is 1. The molecule has 1 aliphatic rings. The zero-order chi connectivity index (χ0) is 15.2. The Morgan fingerprint density at radius 3 is 2.45 bits per heavy atom. The summed E-state index contributed by atoms with van der Waals surface area (Å²) in [5, 5.41) is 14.8. The average Bonchev–Trinajstić information content (AvgIpc) is 2.36. The number of rotatable bonds is 6. The molecule has 1 heterocycles. The number of nitrogens with one attached hydrogen (secondary N) is 2.